The average molecular weight is 489 g/mol. The van der Waals surface area contributed by atoms with Crippen molar-refractivity contribution in [3.63, 3.8) is 0 Å². The van der Waals surface area contributed by atoms with Crippen LogP contribution in [0.5, 0.6) is 0 Å². The summed E-state index contributed by atoms with van der Waals surface area (Å²) >= 11 is 11.2. The highest BCUT2D eigenvalue weighted by molar-refractivity contribution is 9.10. The Hall–Kier alpha value is -1.15. The maximum absolute atomic E-state index is 12.2. The normalized spacial score (nSPS) is 13.0. The molecule has 0 aliphatic rings. The van der Waals surface area contributed by atoms with E-state index in [-0.39, 0.29) is 0 Å². The van der Waals surface area contributed by atoms with Crippen molar-refractivity contribution in [2.75, 3.05) is 7.11 Å². The molecular weight excluding hydrogens is 470 g/mol. The number of ether oxygens (including phenoxy) is 1. The van der Waals surface area contributed by atoms with Gasteiger partial charge in [0.15, 0.2) is 0 Å². The third kappa shape index (κ3) is 5.91. The fourth-order valence-corrected chi connectivity index (χ4v) is 4.37. The summed E-state index contributed by atoms with van der Waals surface area (Å²) < 4.78 is 21.6. The highest BCUT2D eigenvalue weighted by Gasteiger charge is 2.19. The molecule has 0 bridgehead atoms. The molecule has 0 aliphatic heterocycles. The zero-order valence-electron chi connectivity index (χ0n) is 15.3. The summed E-state index contributed by atoms with van der Waals surface area (Å²) in [6, 6.07) is 10.7. The van der Waals surface area contributed by atoms with Gasteiger partial charge in [0.2, 0.25) is 0 Å². The number of carbonyl (C=O) groups is 1. The van der Waals surface area contributed by atoms with Crippen molar-refractivity contribution in [2.45, 2.75) is 35.3 Å². The van der Waals surface area contributed by atoms with Crippen LogP contribution in [-0.4, -0.2) is 28.2 Å². The molecule has 1 unspecified atom stereocenters. The summed E-state index contributed by atoms with van der Waals surface area (Å²) in [5.74, 6) is -0.430. The molecular formula is C19H19BrClNO3S2. The van der Waals surface area contributed by atoms with Crippen LogP contribution in [0, 0.1) is 0 Å². The largest absolute Gasteiger partial charge is 0.465 e. The molecule has 0 aromatic heterocycles. The van der Waals surface area contributed by atoms with E-state index < -0.39 is 21.7 Å². The number of rotatable bonds is 5. The molecule has 0 spiro atoms. The molecule has 0 aliphatic carbocycles. The van der Waals surface area contributed by atoms with Gasteiger partial charge in [0.1, 0.15) is 11.0 Å². The van der Waals surface area contributed by atoms with Crippen molar-refractivity contribution in [3.05, 3.63) is 57.0 Å². The van der Waals surface area contributed by atoms with Crippen molar-refractivity contribution >= 4 is 62.5 Å². The molecule has 0 N–H and O–H groups in total. The minimum atomic E-state index is -1.38. The van der Waals surface area contributed by atoms with Crippen LogP contribution in [0.2, 0.25) is 5.02 Å². The van der Waals surface area contributed by atoms with E-state index in [0.717, 1.165) is 14.9 Å². The molecule has 0 saturated carbocycles. The molecule has 8 heteroatoms. The van der Waals surface area contributed by atoms with E-state index in [4.69, 9.17) is 16.3 Å². The molecule has 144 valence electrons. The van der Waals surface area contributed by atoms with Gasteiger partial charge in [-0.25, -0.2) is 9.00 Å². The quantitative estimate of drug-likeness (QED) is 0.387. The second kappa shape index (κ2) is 9.37. The summed E-state index contributed by atoms with van der Waals surface area (Å²) in [7, 11) is -0.0390. The number of methoxy groups -OCH3 is 1. The summed E-state index contributed by atoms with van der Waals surface area (Å²) in [4.78, 5) is 13.5. The number of benzene rings is 2. The van der Waals surface area contributed by atoms with Gasteiger partial charge in [0.25, 0.3) is 0 Å². The van der Waals surface area contributed by atoms with Gasteiger partial charge < -0.3 is 4.74 Å². The minimum Gasteiger partial charge on any atom is -0.465 e. The summed E-state index contributed by atoms with van der Waals surface area (Å²) in [6.45, 7) is 5.58. The van der Waals surface area contributed by atoms with Gasteiger partial charge in [-0.2, -0.15) is 4.40 Å². The summed E-state index contributed by atoms with van der Waals surface area (Å²) in [6.07, 6.45) is 1.56. The Morgan fingerprint density at radius 2 is 2.00 bits per heavy atom. The second-order valence-electron chi connectivity index (χ2n) is 6.49. The Balaban J connectivity index is 2.46. The first kappa shape index (κ1) is 22.1. The van der Waals surface area contributed by atoms with Gasteiger partial charge >= 0.3 is 5.97 Å². The van der Waals surface area contributed by atoms with Crippen LogP contribution in [0.3, 0.4) is 0 Å². The second-order valence-corrected chi connectivity index (χ2v) is 10.8. The van der Waals surface area contributed by atoms with Crippen LogP contribution in [0.25, 0.3) is 0 Å². The van der Waals surface area contributed by atoms with E-state index in [9.17, 15) is 9.00 Å². The van der Waals surface area contributed by atoms with Crippen molar-refractivity contribution < 1.29 is 13.7 Å². The van der Waals surface area contributed by atoms with Crippen molar-refractivity contribution in [3.8, 4) is 0 Å². The minimum absolute atomic E-state index is 0.430. The highest BCUT2D eigenvalue weighted by atomic mass is 79.9. The van der Waals surface area contributed by atoms with E-state index in [1.807, 2.05) is 32.9 Å². The average Bonchev–Trinajstić information content (AvgIpc) is 2.60. The molecule has 0 radical (unpaired) electrons. The van der Waals surface area contributed by atoms with Gasteiger partial charge in [-0.1, -0.05) is 51.4 Å². The molecule has 4 nitrogen and oxygen atoms in total. The predicted octanol–water partition coefficient (Wildman–Crippen LogP) is 5.92. The lowest BCUT2D eigenvalue weighted by atomic mass is 10.2. The zero-order chi connectivity index (χ0) is 20.2. The van der Waals surface area contributed by atoms with Crippen LogP contribution in [0.15, 0.2) is 55.1 Å². The third-order valence-electron chi connectivity index (χ3n) is 3.37. The Labute approximate surface area is 179 Å². The maximum Gasteiger partial charge on any atom is 0.339 e. The molecule has 2 aromatic carbocycles. The maximum atomic E-state index is 12.2. The Kier molecular flexibility index (Phi) is 7.68. The monoisotopic (exact) mass is 487 g/mol. The van der Waals surface area contributed by atoms with Gasteiger partial charge in [-0.3, -0.25) is 0 Å². The molecule has 0 saturated heterocycles. The number of hydrogen-bond donors (Lipinski definition) is 0. The van der Waals surface area contributed by atoms with Gasteiger partial charge in [0, 0.05) is 26.0 Å². The van der Waals surface area contributed by atoms with Crippen LogP contribution < -0.4 is 0 Å². The fraction of sp³-hybridized carbons (Fsp3) is 0.263. The molecule has 0 fully saturated rings. The first-order valence-electron chi connectivity index (χ1n) is 7.93. The van der Waals surface area contributed by atoms with E-state index in [1.165, 1.54) is 18.9 Å². The SMILES string of the molecule is COC(=O)c1ccc(Br)cc1Sc1c(Cl)cccc1/C=N/S(=O)C(C)(C)C. The number of hydrogen-bond acceptors (Lipinski definition) is 4. The molecule has 2 rings (SSSR count). The lowest BCUT2D eigenvalue weighted by molar-refractivity contribution is 0.0596. The standard InChI is InChI=1S/C19H19BrClNO3S2/c1-19(2,3)27(24)22-11-12-6-5-7-15(21)17(12)26-16-10-13(20)8-9-14(16)18(23)25-4/h5-11H,1-4H3/b22-11+. The number of esters is 1. The van der Waals surface area contributed by atoms with Crippen LogP contribution in [-0.2, 0) is 15.7 Å². The van der Waals surface area contributed by atoms with E-state index in [1.54, 1.807) is 30.5 Å². The van der Waals surface area contributed by atoms with Crippen molar-refractivity contribution in [1.29, 1.82) is 0 Å². The molecule has 27 heavy (non-hydrogen) atoms. The predicted molar refractivity (Wildman–Crippen MR) is 117 cm³/mol. The fourth-order valence-electron chi connectivity index (χ4n) is 1.97. The first-order chi connectivity index (χ1) is 12.6. The summed E-state index contributed by atoms with van der Waals surface area (Å²) in [5, 5.41) is 0.515. The van der Waals surface area contributed by atoms with Crippen LogP contribution in [0.1, 0.15) is 36.7 Å². The van der Waals surface area contributed by atoms with Crippen molar-refractivity contribution in [1.82, 2.24) is 0 Å². The molecule has 1 atom stereocenters. The highest BCUT2D eigenvalue weighted by Crippen LogP contribution is 2.38. The summed E-state index contributed by atoms with van der Waals surface area (Å²) in [5.41, 5.74) is 1.16. The van der Waals surface area contributed by atoms with Crippen LogP contribution >= 0.6 is 39.3 Å². The Morgan fingerprint density at radius 1 is 1.30 bits per heavy atom. The van der Waals surface area contributed by atoms with Gasteiger partial charge in [-0.05, 0) is 45.0 Å². The van der Waals surface area contributed by atoms with Gasteiger partial charge in [0.05, 0.1) is 22.4 Å². The number of halogens is 2. The Bertz CT molecular complexity index is 910. The Morgan fingerprint density at radius 3 is 2.63 bits per heavy atom. The molecule has 2 aromatic rings. The third-order valence-corrected chi connectivity index (χ3v) is 6.85. The van der Waals surface area contributed by atoms with E-state index in [0.29, 0.717) is 15.5 Å². The number of nitrogens with zero attached hydrogens (tertiary/aromatic N) is 1. The zero-order valence-corrected chi connectivity index (χ0v) is 19.3. The smallest absolute Gasteiger partial charge is 0.339 e. The van der Waals surface area contributed by atoms with E-state index >= 15 is 0 Å². The lowest BCUT2D eigenvalue weighted by Gasteiger charge is -2.14. The van der Waals surface area contributed by atoms with Gasteiger partial charge in [-0.15, -0.1) is 0 Å². The molecule has 0 heterocycles. The first-order valence-corrected chi connectivity index (χ1v) is 11.0. The molecule has 0 amide bonds. The van der Waals surface area contributed by atoms with Crippen molar-refractivity contribution in [2.24, 2.45) is 4.40 Å². The van der Waals surface area contributed by atoms with E-state index in [2.05, 4.69) is 20.3 Å². The lowest BCUT2D eigenvalue weighted by Crippen LogP contribution is -2.19. The van der Waals surface area contributed by atoms with Crippen LogP contribution in [0.4, 0.5) is 0 Å². The number of carbonyl (C=O) groups excluding carboxylic acids is 1. The topological polar surface area (TPSA) is 55.7 Å².